The van der Waals surface area contributed by atoms with Crippen molar-refractivity contribution in [2.24, 2.45) is 0 Å². The highest BCUT2D eigenvalue weighted by atomic mass is 19.1. The highest BCUT2D eigenvalue weighted by Crippen LogP contribution is 2.27. The van der Waals surface area contributed by atoms with Crippen LogP contribution in [0.2, 0.25) is 0 Å². The van der Waals surface area contributed by atoms with Gasteiger partial charge in [0.1, 0.15) is 5.82 Å². The SMILES string of the molecule is Cc1ccccc1N1C(=O)CN(Cc2cn[nH]c2-c2ccc(F)cc2)CC1C. The first-order valence-electron chi connectivity index (χ1n) is 9.41. The Hall–Kier alpha value is -2.99. The van der Waals surface area contributed by atoms with Gasteiger partial charge in [0.25, 0.3) is 0 Å². The van der Waals surface area contributed by atoms with E-state index in [2.05, 4.69) is 22.0 Å². The third-order valence-corrected chi connectivity index (χ3v) is 5.21. The Balaban J connectivity index is 1.51. The van der Waals surface area contributed by atoms with Crippen molar-refractivity contribution in [3.63, 3.8) is 0 Å². The molecule has 1 aliphatic heterocycles. The zero-order valence-electron chi connectivity index (χ0n) is 16.0. The Kier molecular flexibility index (Phi) is 4.96. The van der Waals surface area contributed by atoms with Gasteiger partial charge in [-0.3, -0.25) is 14.8 Å². The average Bonchev–Trinajstić information content (AvgIpc) is 3.11. The standard InChI is InChI=1S/C22H23FN4O/c1-15-5-3-4-6-20(15)27-16(2)12-26(14-21(27)28)13-18-11-24-25-22(18)17-7-9-19(23)10-8-17/h3-11,16H,12-14H2,1-2H3,(H,24,25). The number of hydrogen-bond donors (Lipinski definition) is 1. The lowest BCUT2D eigenvalue weighted by Crippen LogP contribution is -2.55. The number of anilines is 1. The molecule has 1 atom stereocenters. The number of piperazine rings is 1. The number of H-pyrrole nitrogens is 1. The maximum atomic E-state index is 13.2. The topological polar surface area (TPSA) is 52.2 Å². The summed E-state index contributed by atoms with van der Waals surface area (Å²) in [5, 5.41) is 7.16. The lowest BCUT2D eigenvalue weighted by molar-refractivity contribution is -0.122. The van der Waals surface area contributed by atoms with Gasteiger partial charge < -0.3 is 4.90 Å². The van der Waals surface area contributed by atoms with Crippen molar-refractivity contribution in [1.29, 1.82) is 0 Å². The van der Waals surface area contributed by atoms with Crippen molar-refractivity contribution in [2.45, 2.75) is 26.4 Å². The summed E-state index contributed by atoms with van der Waals surface area (Å²) < 4.78 is 13.2. The fourth-order valence-electron chi connectivity index (χ4n) is 3.90. The minimum Gasteiger partial charge on any atom is -0.307 e. The second-order valence-electron chi connectivity index (χ2n) is 7.35. The van der Waals surface area contributed by atoms with E-state index in [4.69, 9.17) is 0 Å². The van der Waals surface area contributed by atoms with Gasteiger partial charge >= 0.3 is 0 Å². The first-order valence-corrected chi connectivity index (χ1v) is 9.41. The van der Waals surface area contributed by atoms with Crippen molar-refractivity contribution in [3.8, 4) is 11.3 Å². The van der Waals surface area contributed by atoms with E-state index >= 15 is 0 Å². The number of carbonyl (C=O) groups is 1. The average molecular weight is 378 g/mol. The Morgan fingerprint density at radius 2 is 1.93 bits per heavy atom. The number of amides is 1. The van der Waals surface area contributed by atoms with Crippen molar-refractivity contribution < 1.29 is 9.18 Å². The molecule has 2 aromatic carbocycles. The van der Waals surface area contributed by atoms with Crippen LogP contribution in [0.1, 0.15) is 18.1 Å². The van der Waals surface area contributed by atoms with Gasteiger partial charge in [0, 0.05) is 35.9 Å². The van der Waals surface area contributed by atoms with Crippen molar-refractivity contribution in [1.82, 2.24) is 15.1 Å². The summed E-state index contributed by atoms with van der Waals surface area (Å²) in [4.78, 5) is 17.0. The summed E-state index contributed by atoms with van der Waals surface area (Å²) >= 11 is 0. The number of hydrogen-bond acceptors (Lipinski definition) is 3. The van der Waals surface area contributed by atoms with Crippen LogP contribution in [-0.4, -0.2) is 40.1 Å². The van der Waals surface area contributed by atoms with Crippen LogP contribution >= 0.6 is 0 Å². The Labute approximate surface area is 163 Å². The summed E-state index contributed by atoms with van der Waals surface area (Å²) in [6.07, 6.45) is 1.78. The molecule has 5 nitrogen and oxygen atoms in total. The van der Waals surface area contributed by atoms with Crippen LogP contribution < -0.4 is 4.90 Å². The van der Waals surface area contributed by atoms with Crippen LogP contribution in [0, 0.1) is 12.7 Å². The summed E-state index contributed by atoms with van der Waals surface area (Å²) in [6.45, 7) is 5.84. The molecular formula is C22H23FN4O. The molecule has 4 rings (SSSR count). The van der Waals surface area contributed by atoms with Gasteiger partial charge in [-0.2, -0.15) is 5.10 Å². The molecule has 3 aromatic rings. The molecule has 0 aliphatic carbocycles. The fourth-order valence-corrected chi connectivity index (χ4v) is 3.90. The van der Waals surface area contributed by atoms with E-state index in [1.165, 1.54) is 12.1 Å². The number of aryl methyl sites for hydroxylation is 1. The molecule has 0 bridgehead atoms. The van der Waals surface area contributed by atoms with Crippen LogP contribution in [0.5, 0.6) is 0 Å². The number of benzene rings is 2. The molecule has 1 aliphatic rings. The molecule has 1 amide bonds. The molecule has 28 heavy (non-hydrogen) atoms. The lowest BCUT2D eigenvalue weighted by atomic mass is 10.1. The molecule has 6 heteroatoms. The summed E-state index contributed by atoms with van der Waals surface area (Å²) in [6, 6.07) is 14.4. The third-order valence-electron chi connectivity index (χ3n) is 5.21. The number of halogens is 1. The zero-order valence-corrected chi connectivity index (χ0v) is 16.0. The largest absolute Gasteiger partial charge is 0.307 e. The van der Waals surface area contributed by atoms with Gasteiger partial charge in [-0.1, -0.05) is 18.2 Å². The number of nitrogens with one attached hydrogen (secondary N) is 1. The molecular weight excluding hydrogens is 355 g/mol. The molecule has 1 unspecified atom stereocenters. The van der Waals surface area contributed by atoms with Gasteiger partial charge in [-0.15, -0.1) is 0 Å². The number of para-hydroxylation sites is 1. The maximum Gasteiger partial charge on any atom is 0.241 e. The Morgan fingerprint density at radius 1 is 1.18 bits per heavy atom. The van der Waals surface area contributed by atoms with Gasteiger partial charge in [-0.25, -0.2) is 4.39 Å². The summed E-state index contributed by atoms with van der Waals surface area (Å²) in [5.41, 5.74) is 4.82. The third kappa shape index (κ3) is 3.55. The highest BCUT2D eigenvalue weighted by Gasteiger charge is 2.31. The molecule has 1 saturated heterocycles. The van der Waals surface area contributed by atoms with E-state index in [9.17, 15) is 9.18 Å². The number of carbonyl (C=O) groups excluding carboxylic acids is 1. The second kappa shape index (κ2) is 7.56. The highest BCUT2D eigenvalue weighted by molar-refractivity contribution is 5.96. The van der Waals surface area contributed by atoms with Crippen LogP contribution in [0.25, 0.3) is 11.3 Å². The monoisotopic (exact) mass is 378 g/mol. The maximum absolute atomic E-state index is 13.2. The number of aromatic amines is 1. The minimum absolute atomic E-state index is 0.0727. The van der Waals surface area contributed by atoms with E-state index in [1.54, 1.807) is 18.3 Å². The normalized spacial score (nSPS) is 17.9. The molecule has 144 valence electrons. The second-order valence-corrected chi connectivity index (χ2v) is 7.35. The van der Waals surface area contributed by atoms with E-state index in [-0.39, 0.29) is 17.8 Å². The molecule has 0 saturated carbocycles. The van der Waals surface area contributed by atoms with Gasteiger partial charge in [0.05, 0.1) is 18.4 Å². The molecule has 0 spiro atoms. The van der Waals surface area contributed by atoms with E-state index in [0.29, 0.717) is 13.1 Å². The van der Waals surface area contributed by atoms with Crippen molar-refractivity contribution in [2.75, 3.05) is 18.0 Å². The van der Waals surface area contributed by atoms with Gasteiger partial charge in [0.15, 0.2) is 0 Å². The van der Waals surface area contributed by atoms with Gasteiger partial charge in [-0.05, 0) is 49.7 Å². The smallest absolute Gasteiger partial charge is 0.241 e. The Morgan fingerprint density at radius 3 is 2.64 bits per heavy atom. The zero-order chi connectivity index (χ0) is 19.7. The van der Waals surface area contributed by atoms with Crippen molar-refractivity contribution >= 4 is 11.6 Å². The van der Waals surface area contributed by atoms with Crippen LogP contribution in [-0.2, 0) is 11.3 Å². The fraction of sp³-hybridized carbons (Fsp3) is 0.273. The van der Waals surface area contributed by atoms with Crippen LogP contribution in [0.15, 0.2) is 54.7 Å². The number of aromatic nitrogens is 2. The first-order chi connectivity index (χ1) is 13.5. The summed E-state index contributed by atoms with van der Waals surface area (Å²) in [5.74, 6) is -0.170. The first kappa shape index (κ1) is 18.4. The Bertz CT molecular complexity index is 982. The quantitative estimate of drug-likeness (QED) is 0.752. The predicted molar refractivity (Wildman–Crippen MR) is 107 cm³/mol. The molecule has 1 N–H and O–H groups in total. The van der Waals surface area contributed by atoms with E-state index < -0.39 is 0 Å². The molecule has 1 fully saturated rings. The predicted octanol–water partition coefficient (Wildman–Crippen LogP) is 3.76. The number of rotatable bonds is 4. The minimum atomic E-state index is -0.267. The molecule has 2 heterocycles. The molecule has 1 aromatic heterocycles. The van der Waals surface area contributed by atoms with Crippen molar-refractivity contribution in [3.05, 3.63) is 71.7 Å². The lowest BCUT2D eigenvalue weighted by Gasteiger charge is -2.40. The van der Waals surface area contributed by atoms with E-state index in [1.807, 2.05) is 36.1 Å². The van der Waals surface area contributed by atoms with Crippen LogP contribution in [0.3, 0.4) is 0 Å². The van der Waals surface area contributed by atoms with Gasteiger partial charge in [0.2, 0.25) is 5.91 Å². The van der Waals surface area contributed by atoms with E-state index in [0.717, 1.165) is 34.6 Å². The van der Waals surface area contributed by atoms with Crippen LogP contribution in [0.4, 0.5) is 10.1 Å². The summed E-state index contributed by atoms with van der Waals surface area (Å²) in [7, 11) is 0. The number of nitrogens with zero attached hydrogens (tertiary/aromatic N) is 3. The molecule has 0 radical (unpaired) electrons.